The quantitative estimate of drug-likeness (QED) is 0.582. The number of sulfonamides is 1. The van der Waals surface area contributed by atoms with Crippen molar-refractivity contribution in [2.75, 3.05) is 17.6 Å². The highest BCUT2D eigenvalue weighted by Crippen LogP contribution is 2.18. The average molecular weight is 412 g/mol. The molecule has 1 N–H and O–H groups in total. The maximum atomic E-state index is 12.1. The van der Waals surface area contributed by atoms with Crippen molar-refractivity contribution in [1.29, 1.82) is 0 Å². The molecular weight excluding hydrogens is 398 g/mol. The first kappa shape index (κ1) is 18.2. The number of carbonyl (C=O) groups excluding carboxylic acids is 2. The van der Waals surface area contributed by atoms with E-state index in [0.29, 0.717) is 5.56 Å². The second-order valence-electron chi connectivity index (χ2n) is 4.93. The van der Waals surface area contributed by atoms with E-state index < -0.39 is 22.6 Å². The van der Waals surface area contributed by atoms with Crippen molar-refractivity contribution in [3.8, 4) is 0 Å². The maximum Gasteiger partial charge on any atom is 0.340 e. The molecule has 2 aromatic carbocycles. The minimum atomic E-state index is -3.54. The lowest BCUT2D eigenvalue weighted by molar-refractivity contribution is 0.0476. The molecule has 0 heterocycles. The summed E-state index contributed by atoms with van der Waals surface area (Å²) in [6.45, 7) is -0.437. The van der Waals surface area contributed by atoms with Crippen LogP contribution in [0.5, 0.6) is 0 Å². The molecule has 0 amide bonds. The van der Waals surface area contributed by atoms with E-state index in [0.717, 1.165) is 10.7 Å². The zero-order valence-corrected chi connectivity index (χ0v) is 15.1. The Kier molecular flexibility index (Phi) is 5.74. The number of esters is 1. The number of ketones is 1. The number of rotatable bonds is 6. The van der Waals surface area contributed by atoms with Crippen LogP contribution in [0.25, 0.3) is 0 Å². The predicted octanol–water partition coefficient (Wildman–Crippen LogP) is 2.86. The molecule has 24 heavy (non-hydrogen) atoms. The zero-order chi connectivity index (χ0) is 17.7. The van der Waals surface area contributed by atoms with Gasteiger partial charge in [0.25, 0.3) is 0 Å². The van der Waals surface area contributed by atoms with Gasteiger partial charge < -0.3 is 4.74 Å². The van der Waals surface area contributed by atoms with Crippen molar-refractivity contribution < 1.29 is 22.7 Å². The Morgan fingerprint density at radius 1 is 1.08 bits per heavy atom. The van der Waals surface area contributed by atoms with Crippen LogP contribution < -0.4 is 4.72 Å². The number of hydrogen-bond donors (Lipinski definition) is 1. The number of benzene rings is 2. The minimum absolute atomic E-state index is 0.0338. The molecule has 0 fully saturated rings. The van der Waals surface area contributed by atoms with Crippen molar-refractivity contribution in [3.63, 3.8) is 0 Å². The van der Waals surface area contributed by atoms with Crippen LogP contribution in [0.1, 0.15) is 20.7 Å². The van der Waals surface area contributed by atoms with E-state index in [4.69, 9.17) is 4.74 Å². The Morgan fingerprint density at radius 2 is 1.71 bits per heavy atom. The van der Waals surface area contributed by atoms with Crippen molar-refractivity contribution in [3.05, 3.63) is 64.1 Å². The summed E-state index contributed by atoms with van der Waals surface area (Å²) >= 11 is 3.27. The molecule has 0 saturated heterocycles. The van der Waals surface area contributed by atoms with E-state index in [1.165, 1.54) is 12.1 Å². The molecule has 2 rings (SSSR count). The van der Waals surface area contributed by atoms with Gasteiger partial charge in [-0.25, -0.2) is 13.2 Å². The fraction of sp³-hybridized carbons (Fsp3) is 0.125. The Labute approximate surface area is 148 Å². The van der Waals surface area contributed by atoms with Crippen LogP contribution >= 0.6 is 15.9 Å². The van der Waals surface area contributed by atoms with Gasteiger partial charge in [-0.05, 0) is 24.3 Å². The molecule has 2 aromatic rings. The summed E-state index contributed by atoms with van der Waals surface area (Å²) in [5.74, 6) is -1.14. The van der Waals surface area contributed by atoms with Gasteiger partial charge in [0.1, 0.15) is 0 Å². The molecule has 0 aliphatic rings. The molecule has 6 nitrogen and oxygen atoms in total. The first-order valence-electron chi connectivity index (χ1n) is 6.79. The van der Waals surface area contributed by atoms with Gasteiger partial charge in [0.05, 0.1) is 17.5 Å². The molecule has 0 aromatic heterocycles. The molecule has 0 saturated carbocycles. The van der Waals surface area contributed by atoms with E-state index in [1.807, 2.05) is 0 Å². The Hall–Kier alpha value is -2.19. The molecule has 0 atom stereocenters. The SMILES string of the molecule is CS(=O)(=O)Nc1ccccc1C(=O)OCC(=O)c1ccc(Br)cc1. The fourth-order valence-corrected chi connectivity index (χ4v) is 2.72. The third-order valence-electron chi connectivity index (χ3n) is 2.94. The molecule has 0 radical (unpaired) electrons. The van der Waals surface area contributed by atoms with E-state index in [1.54, 1.807) is 36.4 Å². The summed E-state index contributed by atoms with van der Waals surface area (Å²) in [6, 6.07) is 12.6. The van der Waals surface area contributed by atoms with Crippen LogP contribution in [-0.4, -0.2) is 33.0 Å². The van der Waals surface area contributed by atoms with Crippen LogP contribution in [0.2, 0.25) is 0 Å². The standard InChI is InChI=1S/C16H14BrNO5S/c1-24(21,22)18-14-5-3-2-4-13(14)16(20)23-10-15(19)11-6-8-12(17)9-7-11/h2-9,18H,10H2,1H3. The normalized spacial score (nSPS) is 10.9. The lowest BCUT2D eigenvalue weighted by atomic mass is 10.1. The summed E-state index contributed by atoms with van der Waals surface area (Å²) in [6.07, 6.45) is 0.978. The van der Waals surface area contributed by atoms with Gasteiger partial charge in [0.15, 0.2) is 12.4 Å². The average Bonchev–Trinajstić information content (AvgIpc) is 2.52. The highest BCUT2D eigenvalue weighted by atomic mass is 79.9. The molecule has 0 aliphatic carbocycles. The molecule has 0 spiro atoms. The number of carbonyl (C=O) groups is 2. The van der Waals surface area contributed by atoms with Crippen LogP contribution in [0.15, 0.2) is 53.0 Å². The molecule has 0 aliphatic heterocycles. The number of para-hydroxylation sites is 1. The van der Waals surface area contributed by atoms with Crippen LogP contribution in [-0.2, 0) is 14.8 Å². The van der Waals surface area contributed by atoms with E-state index in [2.05, 4.69) is 20.7 Å². The smallest absolute Gasteiger partial charge is 0.340 e. The molecule has 126 valence electrons. The molecular formula is C16H14BrNO5S. The largest absolute Gasteiger partial charge is 0.454 e. The number of halogens is 1. The van der Waals surface area contributed by atoms with E-state index in [9.17, 15) is 18.0 Å². The Morgan fingerprint density at radius 3 is 2.33 bits per heavy atom. The third kappa shape index (κ3) is 5.17. The lowest BCUT2D eigenvalue weighted by Crippen LogP contribution is -2.17. The molecule has 8 heteroatoms. The summed E-state index contributed by atoms with van der Waals surface area (Å²) in [4.78, 5) is 24.1. The first-order chi connectivity index (χ1) is 11.3. The van der Waals surface area contributed by atoms with Crippen molar-refractivity contribution in [2.45, 2.75) is 0 Å². The van der Waals surface area contributed by atoms with Crippen molar-refractivity contribution in [1.82, 2.24) is 0 Å². The highest BCUT2D eigenvalue weighted by molar-refractivity contribution is 9.10. The minimum Gasteiger partial charge on any atom is -0.454 e. The second-order valence-corrected chi connectivity index (χ2v) is 7.59. The van der Waals surface area contributed by atoms with E-state index >= 15 is 0 Å². The van der Waals surface area contributed by atoms with Gasteiger partial charge in [-0.3, -0.25) is 9.52 Å². The van der Waals surface area contributed by atoms with E-state index in [-0.39, 0.29) is 17.0 Å². The van der Waals surface area contributed by atoms with Crippen LogP contribution in [0.3, 0.4) is 0 Å². The summed E-state index contributed by atoms with van der Waals surface area (Å²) in [5.41, 5.74) is 0.543. The van der Waals surface area contributed by atoms with Gasteiger partial charge in [-0.15, -0.1) is 0 Å². The van der Waals surface area contributed by atoms with Gasteiger partial charge >= 0.3 is 5.97 Å². The van der Waals surface area contributed by atoms with Gasteiger partial charge in [-0.1, -0.05) is 40.2 Å². The number of nitrogens with one attached hydrogen (secondary N) is 1. The highest BCUT2D eigenvalue weighted by Gasteiger charge is 2.16. The van der Waals surface area contributed by atoms with Crippen molar-refractivity contribution in [2.24, 2.45) is 0 Å². The summed E-state index contributed by atoms with van der Waals surface area (Å²) < 4.78 is 30.7. The monoisotopic (exact) mass is 411 g/mol. The second kappa shape index (κ2) is 7.59. The third-order valence-corrected chi connectivity index (χ3v) is 4.06. The summed E-state index contributed by atoms with van der Waals surface area (Å²) in [7, 11) is -3.54. The maximum absolute atomic E-state index is 12.1. The number of anilines is 1. The Balaban J connectivity index is 2.08. The number of hydrogen-bond acceptors (Lipinski definition) is 5. The molecule has 0 unspecified atom stereocenters. The van der Waals surface area contributed by atoms with Gasteiger partial charge in [0, 0.05) is 10.0 Å². The van der Waals surface area contributed by atoms with Gasteiger partial charge in [0.2, 0.25) is 10.0 Å². The van der Waals surface area contributed by atoms with Crippen LogP contribution in [0, 0.1) is 0 Å². The van der Waals surface area contributed by atoms with Crippen molar-refractivity contribution >= 4 is 43.4 Å². The number of Topliss-reactive ketones (excluding diaryl/α,β-unsaturated/α-hetero) is 1. The Bertz CT molecular complexity index is 862. The first-order valence-corrected chi connectivity index (χ1v) is 9.47. The summed E-state index contributed by atoms with van der Waals surface area (Å²) in [5, 5.41) is 0. The predicted molar refractivity (Wildman–Crippen MR) is 93.7 cm³/mol. The lowest BCUT2D eigenvalue weighted by Gasteiger charge is -2.10. The number of ether oxygens (including phenoxy) is 1. The molecule has 0 bridgehead atoms. The van der Waals surface area contributed by atoms with Crippen LogP contribution in [0.4, 0.5) is 5.69 Å². The fourth-order valence-electron chi connectivity index (χ4n) is 1.88. The zero-order valence-electron chi connectivity index (χ0n) is 12.7. The van der Waals surface area contributed by atoms with Gasteiger partial charge in [-0.2, -0.15) is 0 Å². The topological polar surface area (TPSA) is 89.5 Å².